The number of nitrogens with zero attached hydrogens (tertiary/aromatic N) is 2. The molecule has 0 fully saturated rings. The molecular weight excluding hydrogens is 256 g/mol. The summed E-state index contributed by atoms with van der Waals surface area (Å²) in [5.41, 5.74) is 1.64. The number of carbonyl (C=O) groups is 1. The lowest BCUT2D eigenvalue weighted by Gasteiger charge is -2.11. The summed E-state index contributed by atoms with van der Waals surface area (Å²) >= 11 is 0. The maximum atomic E-state index is 11.9. The van der Waals surface area contributed by atoms with Crippen LogP contribution in [-0.2, 0) is 9.53 Å². The Bertz CT molecular complexity index is 540. The van der Waals surface area contributed by atoms with Gasteiger partial charge >= 0.3 is 0 Å². The number of anilines is 1. The molecule has 0 saturated carbocycles. The summed E-state index contributed by atoms with van der Waals surface area (Å²) in [5, 5.41) is 5.89. The third kappa shape index (κ3) is 3.91. The molecule has 106 valence electrons. The average molecular weight is 274 g/mol. The molecule has 1 heterocycles. The Morgan fingerprint density at radius 1 is 1.40 bits per heavy atom. The van der Waals surface area contributed by atoms with Crippen molar-refractivity contribution in [2.24, 2.45) is 0 Å². The minimum atomic E-state index is -0.0892. The van der Waals surface area contributed by atoms with E-state index >= 15 is 0 Å². The monoisotopic (exact) mass is 274 g/mol. The van der Waals surface area contributed by atoms with Gasteiger partial charge < -0.3 is 19.9 Å². The Hall–Kier alpha value is -2.18. The number of ether oxygens (including phenoxy) is 1. The van der Waals surface area contributed by atoms with E-state index in [9.17, 15) is 4.79 Å². The van der Waals surface area contributed by atoms with Gasteiger partial charge in [0.05, 0.1) is 30.9 Å². The smallest absolute Gasteiger partial charge is 0.238 e. The van der Waals surface area contributed by atoms with E-state index in [1.165, 1.54) is 0 Å². The highest BCUT2D eigenvalue weighted by Crippen LogP contribution is 2.19. The van der Waals surface area contributed by atoms with Crippen LogP contribution in [0.5, 0.6) is 0 Å². The van der Waals surface area contributed by atoms with Crippen molar-refractivity contribution in [3.8, 4) is 5.69 Å². The van der Waals surface area contributed by atoms with E-state index in [4.69, 9.17) is 4.74 Å². The van der Waals surface area contributed by atoms with E-state index in [2.05, 4.69) is 15.6 Å². The van der Waals surface area contributed by atoms with Crippen molar-refractivity contribution in [3.63, 3.8) is 0 Å². The lowest BCUT2D eigenvalue weighted by atomic mass is 10.2. The first-order valence-corrected chi connectivity index (χ1v) is 6.38. The number of imidazole rings is 1. The first-order valence-electron chi connectivity index (χ1n) is 6.38. The lowest BCUT2D eigenvalue weighted by Crippen LogP contribution is -2.30. The molecule has 2 rings (SSSR count). The molecule has 2 N–H and O–H groups in total. The predicted molar refractivity (Wildman–Crippen MR) is 76.9 cm³/mol. The summed E-state index contributed by atoms with van der Waals surface area (Å²) in [6.07, 6.45) is 5.23. The molecule has 1 aromatic heterocycles. The topological polar surface area (TPSA) is 68.2 Å². The molecule has 2 aromatic rings. The molecular formula is C14H18N4O2. The fourth-order valence-corrected chi connectivity index (χ4v) is 1.78. The molecule has 0 aliphatic carbocycles. The van der Waals surface area contributed by atoms with Crippen LogP contribution in [0.25, 0.3) is 5.69 Å². The Morgan fingerprint density at radius 3 is 3.00 bits per heavy atom. The Kier molecular flexibility index (Phi) is 5.28. The maximum absolute atomic E-state index is 11.9. The Morgan fingerprint density at radius 2 is 2.25 bits per heavy atom. The van der Waals surface area contributed by atoms with Gasteiger partial charge in [0.1, 0.15) is 0 Å². The number of nitrogens with one attached hydrogen (secondary N) is 2. The van der Waals surface area contributed by atoms with Gasteiger partial charge in [-0.3, -0.25) is 4.79 Å². The number of hydrogen-bond acceptors (Lipinski definition) is 4. The van der Waals surface area contributed by atoms with Gasteiger partial charge in [-0.2, -0.15) is 0 Å². The van der Waals surface area contributed by atoms with Gasteiger partial charge in [-0.1, -0.05) is 12.1 Å². The third-order valence-electron chi connectivity index (χ3n) is 2.73. The molecule has 0 bridgehead atoms. The van der Waals surface area contributed by atoms with Gasteiger partial charge in [-0.25, -0.2) is 4.98 Å². The SMILES string of the molecule is COCCNCC(=O)Nc1ccccc1-n1ccnc1. The van der Waals surface area contributed by atoms with E-state index in [1.54, 1.807) is 19.6 Å². The van der Waals surface area contributed by atoms with Crippen LogP contribution in [0.15, 0.2) is 43.0 Å². The van der Waals surface area contributed by atoms with Crippen molar-refractivity contribution < 1.29 is 9.53 Å². The van der Waals surface area contributed by atoms with Gasteiger partial charge in [0, 0.05) is 26.0 Å². The zero-order valence-electron chi connectivity index (χ0n) is 11.4. The zero-order valence-corrected chi connectivity index (χ0v) is 11.4. The highest BCUT2D eigenvalue weighted by molar-refractivity contribution is 5.94. The average Bonchev–Trinajstić information content (AvgIpc) is 2.98. The number of benzene rings is 1. The van der Waals surface area contributed by atoms with Crippen LogP contribution in [-0.4, -0.2) is 42.3 Å². The highest BCUT2D eigenvalue weighted by Gasteiger charge is 2.07. The Labute approximate surface area is 117 Å². The molecule has 6 nitrogen and oxygen atoms in total. The highest BCUT2D eigenvalue weighted by atomic mass is 16.5. The predicted octanol–water partition coefficient (Wildman–Crippen LogP) is 1.05. The second-order valence-electron chi connectivity index (χ2n) is 4.20. The summed E-state index contributed by atoms with van der Waals surface area (Å²) in [7, 11) is 1.63. The zero-order chi connectivity index (χ0) is 14.2. The van der Waals surface area contributed by atoms with Gasteiger partial charge in [-0.15, -0.1) is 0 Å². The van der Waals surface area contributed by atoms with Gasteiger partial charge in [0.2, 0.25) is 5.91 Å². The van der Waals surface area contributed by atoms with Crippen molar-refractivity contribution in [3.05, 3.63) is 43.0 Å². The molecule has 1 amide bonds. The van der Waals surface area contributed by atoms with E-state index in [0.29, 0.717) is 13.2 Å². The van der Waals surface area contributed by atoms with E-state index in [-0.39, 0.29) is 12.5 Å². The van der Waals surface area contributed by atoms with Crippen molar-refractivity contribution >= 4 is 11.6 Å². The molecule has 0 atom stereocenters. The van der Waals surface area contributed by atoms with E-state index < -0.39 is 0 Å². The van der Waals surface area contributed by atoms with E-state index in [0.717, 1.165) is 11.4 Å². The van der Waals surface area contributed by atoms with Crippen LogP contribution < -0.4 is 10.6 Å². The largest absolute Gasteiger partial charge is 0.383 e. The van der Waals surface area contributed by atoms with Crippen LogP contribution in [0.3, 0.4) is 0 Å². The lowest BCUT2D eigenvalue weighted by molar-refractivity contribution is -0.115. The molecule has 0 radical (unpaired) electrons. The molecule has 1 aromatic carbocycles. The summed E-state index contributed by atoms with van der Waals surface area (Å²) in [4.78, 5) is 15.9. The number of rotatable bonds is 7. The molecule has 0 spiro atoms. The summed E-state index contributed by atoms with van der Waals surface area (Å²) in [6, 6.07) is 7.59. The number of para-hydroxylation sites is 2. The number of aromatic nitrogens is 2. The van der Waals surface area contributed by atoms with Gasteiger partial charge in [0.15, 0.2) is 0 Å². The third-order valence-corrected chi connectivity index (χ3v) is 2.73. The van der Waals surface area contributed by atoms with Crippen LogP contribution in [0.4, 0.5) is 5.69 Å². The quantitative estimate of drug-likeness (QED) is 0.740. The molecule has 6 heteroatoms. The van der Waals surface area contributed by atoms with Gasteiger partial charge in [0.25, 0.3) is 0 Å². The molecule has 0 aliphatic rings. The van der Waals surface area contributed by atoms with Crippen molar-refractivity contribution in [1.82, 2.24) is 14.9 Å². The van der Waals surface area contributed by atoms with Crippen LogP contribution >= 0.6 is 0 Å². The number of methoxy groups -OCH3 is 1. The van der Waals surface area contributed by atoms with Gasteiger partial charge in [-0.05, 0) is 12.1 Å². The van der Waals surface area contributed by atoms with Crippen molar-refractivity contribution in [1.29, 1.82) is 0 Å². The molecule has 0 aliphatic heterocycles. The minimum Gasteiger partial charge on any atom is -0.383 e. The standard InChI is InChI=1S/C14H18N4O2/c1-20-9-7-15-10-14(19)17-12-4-2-3-5-13(12)18-8-6-16-11-18/h2-6,8,11,15H,7,9-10H2,1H3,(H,17,19). The minimum absolute atomic E-state index is 0.0892. The first-order chi connectivity index (χ1) is 9.81. The first kappa shape index (κ1) is 14.2. The summed E-state index contributed by atoms with van der Waals surface area (Å²) in [5.74, 6) is -0.0892. The number of amides is 1. The fraction of sp³-hybridized carbons (Fsp3) is 0.286. The van der Waals surface area contributed by atoms with E-state index in [1.807, 2.05) is 35.0 Å². The van der Waals surface area contributed by atoms with Crippen LogP contribution in [0, 0.1) is 0 Å². The normalized spacial score (nSPS) is 10.4. The summed E-state index contributed by atoms with van der Waals surface area (Å²) < 4.78 is 6.76. The number of carbonyl (C=O) groups excluding carboxylic acids is 1. The Balaban J connectivity index is 1.97. The second-order valence-corrected chi connectivity index (χ2v) is 4.20. The second kappa shape index (κ2) is 7.42. The molecule has 20 heavy (non-hydrogen) atoms. The van der Waals surface area contributed by atoms with Crippen LogP contribution in [0.1, 0.15) is 0 Å². The molecule has 0 unspecified atom stereocenters. The fourth-order valence-electron chi connectivity index (χ4n) is 1.78. The summed E-state index contributed by atoms with van der Waals surface area (Å²) in [6.45, 7) is 1.48. The number of hydrogen-bond donors (Lipinski definition) is 2. The van der Waals surface area contributed by atoms with Crippen molar-refractivity contribution in [2.75, 3.05) is 32.1 Å². The maximum Gasteiger partial charge on any atom is 0.238 e. The molecule has 0 saturated heterocycles. The van der Waals surface area contributed by atoms with Crippen molar-refractivity contribution in [2.45, 2.75) is 0 Å². The van der Waals surface area contributed by atoms with Crippen LogP contribution in [0.2, 0.25) is 0 Å².